The molecule has 2 fully saturated rings. The van der Waals surface area contributed by atoms with Crippen molar-refractivity contribution in [1.82, 2.24) is 9.80 Å². The second-order valence-electron chi connectivity index (χ2n) is 6.69. The van der Waals surface area contributed by atoms with Crippen molar-refractivity contribution in [3.8, 4) is 0 Å². The molecule has 2 saturated heterocycles. The molecule has 0 aliphatic carbocycles. The van der Waals surface area contributed by atoms with Gasteiger partial charge in [0.15, 0.2) is 0 Å². The zero-order valence-electron chi connectivity index (χ0n) is 14.7. The summed E-state index contributed by atoms with van der Waals surface area (Å²) < 4.78 is 0. The van der Waals surface area contributed by atoms with Crippen LogP contribution in [-0.4, -0.2) is 61.1 Å². The number of amides is 2. The van der Waals surface area contributed by atoms with Crippen LogP contribution in [0.3, 0.4) is 0 Å². The van der Waals surface area contributed by atoms with Gasteiger partial charge in [-0.1, -0.05) is 17.7 Å². The molecule has 0 aromatic heterocycles. The molecule has 5 nitrogen and oxygen atoms in total. The fourth-order valence-corrected chi connectivity index (χ4v) is 4.92. The predicted molar refractivity (Wildman–Crippen MR) is 103 cm³/mol. The molecule has 0 spiro atoms. The zero-order valence-corrected chi connectivity index (χ0v) is 16.3. The molecule has 2 aliphatic heterocycles. The van der Waals surface area contributed by atoms with Gasteiger partial charge in [0, 0.05) is 56.4 Å². The van der Waals surface area contributed by atoms with Crippen LogP contribution in [0.4, 0.5) is 5.69 Å². The van der Waals surface area contributed by atoms with Gasteiger partial charge >= 0.3 is 0 Å². The van der Waals surface area contributed by atoms with Crippen molar-refractivity contribution >= 4 is 40.9 Å². The second kappa shape index (κ2) is 7.87. The van der Waals surface area contributed by atoms with Crippen molar-refractivity contribution in [1.29, 1.82) is 0 Å². The standard InChI is InChI=1S/C18H24ClN3O2S/c1-20(2)13-6-7-14(15(19)11-13)18-22(17(24)12-25-18)10-4-9-21-8-3-5-16(21)23/h6-7,11,18H,3-5,8-10,12H2,1-2H3. The Balaban J connectivity index is 1.66. The second-order valence-corrected chi connectivity index (χ2v) is 8.16. The van der Waals surface area contributed by atoms with E-state index in [1.807, 2.05) is 47.0 Å². The lowest BCUT2D eigenvalue weighted by Gasteiger charge is -2.26. The third-order valence-corrected chi connectivity index (χ3v) is 6.30. The number of carbonyl (C=O) groups excluding carboxylic acids is 2. The highest BCUT2D eigenvalue weighted by molar-refractivity contribution is 8.00. The number of carbonyl (C=O) groups is 2. The Kier molecular flexibility index (Phi) is 5.79. The van der Waals surface area contributed by atoms with Gasteiger partial charge in [-0.3, -0.25) is 9.59 Å². The first kappa shape index (κ1) is 18.4. The third-order valence-electron chi connectivity index (χ3n) is 4.73. The first-order valence-corrected chi connectivity index (χ1v) is 10.1. The summed E-state index contributed by atoms with van der Waals surface area (Å²) >= 11 is 8.11. The van der Waals surface area contributed by atoms with E-state index in [2.05, 4.69) is 0 Å². The summed E-state index contributed by atoms with van der Waals surface area (Å²) in [5, 5.41) is 0.656. The molecule has 3 rings (SSSR count). The number of halogens is 1. The Morgan fingerprint density at radius 1 is 1.24 bits per heavy atom. The quantitative estimate of drug-likeness (QED) is 0.759. The smallest absolute Gasteiger partial charge is 0.233 e. The van der Waals surface area contributed by atoms with Crippen molar-refractivity contribution in [2.45, 2.75) is 24.6 Å². The molecule has 1 atom stereocenters. The van der Waals surface area contributed by atoms with Crippen molar-refractivity contribution in [3.05, 3.63) is 28.8 Å². The normalized spacial score (nSPS) is 20.7. The fraction of sp³-hybridized carbons (Fsp3) is 0.556. The van der Waals surface area contributed by atoms with Crippen LogP contribution in [0, 0.1) is 0 Å². The number of benzene rings is 1. The summed E-state index contributed by atoms with van der Waals surface area (Å²) in [4.78, 5) is 29.8. The Bertz CT molecular complexity index is 668. The van der Waals surface area contributed by atoms with Crippen LogP contribution < -0.4 is 4.90 Å². The van der Waals surface area contributed by atoms with Crippen molar-refractivity contribution in [2.24, 2.45) is 0 Å². The van der Waals surface area contributed by atoms with E-state index < -0.39 is 0 Å². The highest BCUT2D eigenvalue weighted by atomic mass is 35.5. The number of likely N-dealkylation sites (tertiary alicyclic amines) is 1. The van der Waals surface area contributed by atoms with Crippen molar-refractivity contribution < 1.29 is 9.59 Å². The largest absolute Gasteiger partial charge is 0.378 e. The van der Waals surface area contributed by atoms with Gasteiger partial charge in [0.2, 0.25) is 11.8 Å². The molecule has 136 valence electrons. The Morgan fingerprint density at radius 2 is 2.04 bits per heavy atom. The minimum absolute atomic E-state index is 0.0366. The van der Waals surface area contributed by atoms with E-state index in [1.165, 1.54) is 0 Å². The van der Waals surface area contributed by atoms with Gasteiger partial charge in [-0.25, -0.2) is 0 Å². The third kappa shape index (κ3) is 4.06. The first-order valence-electron chi connectivity index (χ1n) is 8.63. The molecule has 0 bridgehead atoms. The van der Waals surface area contributed by atoms with E-state index in [4.69, 9.17) is 11.6 Å². The van der Waals surface area contributed by atoms with Gasteiger partial charge in [0.05, 0.1) is 5.75 Å². The highest BCUT2D eigenvalue weighted by Crippen LogP contribution is 2.42. The maximum absolute atomic E-state index is 12.3. The molecule has 0 N–H and O–H groups in total. The van der Waals surface area contributed by atoms with Crippen LogP contribution in [0.15, 0.2) is 18.2 Å². The predicted octanol–water partition coefficient (Wildman–Crippen LogP) is 2.99. The summed E-state index contributed by atoms with van der Waals surface area (Å²) in [6.45, 7) is 2.24. The summed E-state index contributed by atoms with van der Waals surface area (Å²) in [5.41, 5.74) is 2.03. The van der Waals surface area contributed by atoms with Crippen LogP contribution in [0.5, 0.6) is 0 Å². The topological polar surface area (TPSA) is 43.9 Å². The van der Waals surface area contributed by atoms with E-state index in [-0.39, 0.29) is 17.2 Å². The van der Waals surface area contributed by atoms with Crippen LogP contribution in [0.1, 0.15) is 30.2 Å². The molecule has 0 saturated carbocycles. The summed E-state index contributed by atoms with van der Waals surface area (Å²) in [6, 6.07) is 6.00. The molecule has 1 unspecified atom stereocenters. The average molecular weight is 382 g/mol. The molecule has 2 heterocycles. The molecular weight excluding hydrogens is 358 g/mol. The molecule has 2 amide bonds. The van der Waals surface area contributed by atoms with Gasteiger partial charge in [0.25, 0.3) is 0 Å². The van der Waals surface area contributed by atoms with Crippen LogP contribution >= 0.6 is 23.4 Å². The lowest BCUT2D eigenvalue weighted by atomic mass is 10.1. The number of nitrogens with zero attached hydrogens (tertiary/aromatic N) is 3. The highest BCUT2D eigenvalue weighted by Gasteiger charge is 2.34. The molecule has 7 heteroatoms. The lowest BCUT2D eigenvalue weighted by molar-refractivity contribution is -0.128. The number of anilines is 1. The summed E-state index contributed by atoms with van der Waals surface area (Å²) in [6.07, 6.45) is 2.42. The van der Waals surface area contributed by atoms with E-state index in [1.54, 1.807) is 11.8 Å². The number of rotatable bonds is 6. The van der Waals surface area contributed by atoms with Gasteiger partial charge in [0.1, 0.15) is 5.37 Å². The molecule has 1 aromatic rings. The van der Waals surface area contributed by atoms with E-state index in [0.29, 0.717) is 23.7 Å². The molecule has 25 heavy (non-hydrogen) atoms. The minimum atomic E-state index is -0.0366. The molecule has 1 aromatic carbocycles. The van der Waals surface area contributed by atoms with E-state index in [0.717, 1.165) is 37.2 Å². The van der Waals surface area contributed by atoms with Gasteiger partial charge < -0.3 is 14.7 Å². The van der Waals surface area contributed by atoms with Crippen molar-refractivity contribution in [2.75, 3.05) is 44.4 Å². The van der Waals surface area contributed by atoms with Gasteiger partial charge in [-0.2, -0.15) is 0 Å². The van der Waals surface area contributed by atoms with E-state index in [9.17, 15) is 9.59 Å². The maximum atomic E-state index is 12.3. The number of hydrogen-bond donors (Lipinski definition) is 0. The maximum Gasteiger partial charge on any atom is 0.233 e. The minimum Gasteiger partial charge on any atom is -0.378 e. The van der Waals surface area contributed by atoms with E-state index >= 15 is 0 Å². The summed E-state index contributed by atoms with van der Waals surface area (Å²) in [5.74, 6) is 0.871. The Labute approximate surface area is 158 Å². The molecular formula is C18H24ClN3O2S. The Hall–Kier alpha value is -1.40. The Morgan fingerprint density at radius 3 is 2.68 bits per heavy atom. The average Bonchev–Trinajstić information content (AvgIpc) is 3.14. The fourth-order valence-electron chi connectivity index (χ4n) is 3.32. The molecule has 0 radical (unpaired) electrons. The monoisotopic (exact) mass is 381 g/mol. The summed E-state index contributed by atoms with van der Waals surface area (Å²) in [7, 11) is 3.95. The van der Waals surface area contributed by atoms with Crippen molar-refractivity contribution in [3.63, 3.8) is 0 Å². The zero-order chi connectivity index (χ0) is 18.0. The van der Waals surface area contributed by atoms with Crippen LogP contribution in [0.25, 0.3) is 0 Å². The first-order chi connectivity index (χ1) is 12.0. The van der Waals surface area contributed by atoms with Gasteiger partial charge in [-0.05, 0) is 25.0 Å². The SMILES string of the molecule is CN(C)c1ccc(C2SCC(=O)N2CCCN2CCCC2=O)c(Cl)c1. The number of hydrogen-bond acceptors (Lipinski definition) is 4. The molecule has 2 aliphatic rings. The van der Waals surface area contributed by atoms with Crippen LogP contribution in [-0.2, 0) is 9.59 Å². The lowest BCUT2D eigenvalue weighted by Crippen LogP contribution is -2.33. The number of thioether (sulfide) groups is 1. The van der Waals surface area contributed by atoms with Gasteiger partial charge in [-0.15, -0.1) is 11.8 Å². The van der Waals surface area contributed by atoms with Crippen LogP contribution in [0.2, 0.25) is 5.02 Å².